The zero-order chi connectivity index (χ0) is 22.6. The summed E-state index contributed by atoms with van der Waals surface area (Å²) < 4.78 is 0. The van der Waals surface area contributed by atoms with Crippen LogP contribution in [0, 0.1) is 5.41 Å². The van der Waals surface area contributed by atoms with Gasteiger partial charge in [0.25, 0.3) is 0 Å². The Bertz CT molecular complexity index is 1240. The van der Waals surface area contributed by atoms with Crippen molar-refractivity contribution in [2.45, 2.75) is 38.0 Å². The number of hydrogen-bond acceptors (Lipinski definition) is 5. The molecule has 3 aromatic rings. The summed E-state index contributed by atoms with van der Waals surface area (Å²) in [5.74, 6) is 1.62. The molecule has 1 aromatic carbocycles. The number of hydrogen-bond donors (Lipinski definition) is 2. The average molecular weight is 446 g/mol. The summed E-state index contributed by atoms with van der Waals surface area (Å²) in [6.07, 6.45) is 7.67. The van der Waals surface area contributed by atoms with E-state index in [1.807, 2.05) is 0 Å². The van der Waals surface area contributed by atoms with Crippen LogP contribution in [0.15, 0.2) is 24.4 Å². The lowest BCUT2D eigenvalue weighted by molar-refractivity contribution is -0.128. The third-order valence-corrected chi connectivity index (χ3v) is 8.22. The lowest BCUT2D eigenvalue weighted by Gasteiger charge is -2.39. The maximum atomic E-state index is 12.7. The molecular formula is C26H31N5O2. The zero-order valence-corrected chi connectivity index (χ0v) is 19.2. The number of piperidine rings is 2. The zero-order valence-electron chi connectivity index (χ0n) is 19.2. The third-order valence-electron chi connectivity index (χ3n) is 8.22. The molecule has 0 saturated carbocycles. The number of fused-ring (bicyclic) bond motifs is 3. The number of amides is 1. The van der Waals surface area contributed by atoms with Crippen LogP contribution in [0.3, 0.4) is 0 Å². The van der Waals surface area contributed by atoms with Gasteiger partial charge in [-0.05, 0) is 75.9 Å². The van der Waals surface area contributed by atoms with Gasteiger partial charge >= 0.3 is 0 Å². The molecule has 2 aromatic heterocycles. The molecule has 3 aliphatic heterocycles. The maximum absolute atomic E-state index is 12.7. The Labute approximate surface area is 193 Å². The highest BCUT2D eigenvalue weighted by Crippen LogP contribution is 2.42. The van der Waals surface area contributed by atoms with Crippen molar-refractivity contribution in [2.75, 3.05) is 44.7 Å². The van der Waals surface area contributed by atoms with Gasteiger partial charge in [-0.3, -0.25) is 9.59 Å². The highest BCUT2D eigenvalue weighted by Gasteiger charge is 2.45. The number of benzene rings is 1. The topological polar surface area (TPSA) is 81.3 Å². The first-order valence-corrected chi connectivity index (χ1v) is 12.2. The molecule has 3 fully saturated rings. The van der Waals surface area contributed by atoms with Crippen LogP contribution in [0.2, 0.25) is 0 Å². The molecular weight excluding hydrogens is 414 g/mol. The van der Waals surface area contributed by atoms with E-state index in [-0.39, 0.29) is 11.3 Å². The van der Waals surface area contributed by atoms with Crippen LogP contribution < -0.4 is 10.2 Å². The number of aromatic amines is 1. The molecule has 5 heterocycles. The molecule has 1 unspecified atom stereocenters. The van der Waals surface area contributed by atoms with Gasteiger partial charge in [-0.1, -0.05) is 6.07 Å². The second-order valence-electron chi connectivity index (χ2n) is 10.2. The summed E-state index contributed by atoms with van der Waals surface area (Å²) in [6, 6.07) is 6.70. The van der Waals surface area contributed by atoms with Crippen molar-refractivity contribution in [2.24, 2.45) is 5.41 Å². The molecule has 3 saturated heterocycles. The molecule has 3 aliphatic rings. The van der Waals surface area contributed by atoms with Crippen LogP contribution in [-0.2, 0) is 4.79 Å². The Kier molecular flexibility index (Phi) is 4.91. The van der Waals surface area contributed by atoms with E-state index in [9.17, 15) is 9.59 Å². The maximum Gasteiger partial charge on any atom is 0.228 e. The molecule has 7 nitrogen and oxygen atoms in total. The summed E-state index contributed by atoms with van der Waals surface area (Å²) >= 11 is 0. The van der Waals surface area contributed by atoms with Crippen molar-refractivity contribution in [3.05, 3.63) is 35.5 Å². The summed E-state index contributed by atoms with van der Waals surface area (Å²) in [7, 11) is 2.19. The van der Waals surface area contributed by atoms with Gasteiger partial charge in [0, 0.05) is 36.7 Å². The number of anilines is 1. The van der Waals surface area contributed by atoms with Gasteiger partial charge < -0.3 is 20.1 Å². The quantitative estimate of drug-likeness (QED) is 0.604. The van der Waals surface area contributed by atoms with Gasteiger partial charge in [-0.15, -0.1) is 0 Å². The largest absolute Gasteiger partial charge is 0.356 e. The Hall–Kier alpha value is -2.93. The number of nitrogens with one attached hydrogen (secondary N) is 2. The van der Waals surface area contributed by atoms with Crippen LogP contribution in [0.5, 0.6) is 0 Å². The molecule has 6 rings (SSSR count). The SMILES string of the molecule is CN1CCC(c2ccc3[nH]c4c(C=O)cnc(N5CCCC6(CCNC6=O)C5)c4c3c2)CC1. The van der Waals surface area contributed by atoms with Crippen molar-refractivity contribution in [1.29, 1.82) is 0 Å². The molecule has 0 radical (unpaired) electrons. The fourth-order valence-electron chi connectivity index (χ4n) is 6.26. The van der Waals surface area contributed by atoms with E-state index in [1.54, 1.807) is 6.20 Å². The molecule has 1 spiro atoms. The lowest BCUT2D eigenvalue weighted by atomic mass is 9.78. The number of H-pyrrole nitrogens is 1. The van der Waals surface area contributed by atoms with Gasteiger partial charge in [-0.25, -0.2) is 4.98 Å². The number of pyridine rings is 1. The van der Waals surface area contributed by atoms with E-state index in [4.69, 9.17) is 4.98 Å². The monoisotopic (exact) mass is 445 g/mol. The van der Waals surface area contributed by atoms with Crippen LogP contribution in [0.25, 0.3) is 21.8 Å². The second kappa shape index (κ2) is 7.83. The standard InChI is InChI=1S/C26H31N5O2/c1-30-11-5-17(6-12-30)18-3-4-21-20(13-18)22-23(29-21)19(15-32)14-28-24(22)31-10-2-7-26(16-31)8-9-27-25(26)33/h3-4,13-15,17,29H,2,5-12,16H2,1H3,(H,27,33). The number of aldehydes is 1. The average Bonchev–Trinajstić information content (AvgIpc) is 3.39. The van der Waals surface area contributed by atoms with E-state index in [2.05, 4.69) is 45.3 Å². The summed E-state index contributed by atoms with van der Waals surface area (Å²) in [5, 5.41) is 5.18. The molecule has 2 N–H and O–H groups in total. The molecule has 33 heavy (non-hydrogen) atoms. The Morgan fingerprint density at radius 3 is 2.79 bits per heavy atom. The smallest absolute Gasteiger partial charge is 0.228 e. The minimum absolute atomic E-state index is 0.177. The summed E-state index contributed by atoms with van der Waals surface area (Å²) in [4.78, 5) is 37.5. The number of carbonyl (C=O) groups excluding carboxylic acids is 2. The first kappa shape index (κ1) is 20.7. The number of aromatic nitrogens is 2. The molecule has 172 valence electrons. The van der Waals surface area contributed by atoms with E-state index in [1.165, 1.54) is 18.4 Å². The highest BCUT2D eigenvalue weighted by atomic mass is 16.2. The van der Waals surface area contributed by atoms with E-state index in [0.717, 1.165) is 79.4 Å². The second-order valence-corrected chi connectivity index (χ2v) is 10.2. The number of rotatable bonds is 3. The normalized spacial score (nSPS) is 24.8. The minimum atomic E-state index is -0.318. The van der Waals surface area contributed by atoms with Crippen molar-refractivity contribution in [3.8, 4) is 0 Å². The first-order valence-electron chi connectivity index (χ1n) is 12.2. The van der Waals surface area contributed by atoms with Crippen LogP contribution in [-0.4, -0.2) is 66.8 Å². The molecule has 0 aliphatic carbocycles. The highest BCUT2D eigenvalue weighted by molar-refractivity contribution is 6.16. The molecule has 1 amide bonds. The van der Waals surface area contributed by atoms with Gasteiger partial charge in [0.05, 0.1) is 21.9 Å². The summed E-state index contributed by atoms with van der Waals surface area (Å²) in [5.41, 5.74) is 3.51. The van der Waals surface area contributed by atoms with Gasteiger partial charge in [-0.2, -0.15) is 0 Å². The Morgan fingerprint density at radius 1 is 1.18 bits per heavy atom. The molecule has 0 bridgehead atoms. The van der Waals surface area contributed by atoms with E-state index < -0.39 is 0 Å². The fourth-order valence-corrected chi connectivity index (χ4v) is 6.26. The fraction of sp³-hybridized carbons (Fsp3) is 0.500. The predicted molar refractivity (Wildman–Crippen MR) is 130 cm³/mol. The van der Waals surface area contributed by atoms with Gasteiger partial charge in [0.1, 0.15) is 5.82 Å². The van der Waals surface area contributed by atoms with Gasteiger partial charge in [0.15, 0.2) is 6.29 Å². The number of nitrogens with zero attached hydrogens (tertiary/aromatic N) is 3. The van der Waals surface area contributed by atoms with Crippen molar-refractivity contribution in [1.82, 2.24) is 20.2 Å². The molecule has 1 atom stereocenters. The van der Waals surface area contributed by atoms with Gasteiger partial charge in [0.2, 0.25) is 5.91 Å². The Morgan fingerprint density at radius 2 is 2.03 bits per heavy atom. The Balaban J connectivity index is 1.47. The van der Waals surface area contributed by atoms with E-state index in [0.29, 0.717) is 18.0 Å². The van der Waals surface area contributed by atoms with Crippen LogP contribution >= 0.6 is 0 Å². The number of likely N-dealkylation sites (tertiary alicyclic amines) is 1. The molecule has 7 heteroatoms. The summed E-state index contributed by atoms with van der Waals surface area (Å²) in [6.45, 7) is 4.56. The predicted octanol–water partition coefficient (Wildman–Crippen LogP) is 3.44. The van der Waals surface area contributed by atoms with Crippen molar-refractivity contribution < 1.29 is 9.59 Å². The third kappa shape index (κ3) is 3.32. The number of carbonyl (C=O) groups is 2. The van der Waals surface area contributed by atoms with E-state index >= 15 is 0 Å². The van der Waals surface area contributed by atoms with Crippen LogP contribution in [0.4, 0.5) is 5.82 Å². The van der Waals surface area contributed by atoms with Crippen molar-refractivity contribution >= 4 is 39.8 Å². The van der Waals surface area contributed by atoms with Crippen LogP contribution in [0.1, 0.15) is 53.9 Å². The first-order chi connectivity index (χ1) is 16.1. The van der Waals surface area contributed by atoms with Crippen molar-refractivity contribution in [3.63, 3.8) is 0 Å². The minimum Gasteiger partial charge on any atom is -0.356 e. The lowest BCUT2D eigenvalue weighted by Crippen LogP contribution is -2.47.